The van der Waals surface area contributed by atoms with E-state index in [0.717, 1.165) is 39.0 Å². The quantitative estimate of drug-likeness (QED) is 0.491. The number of rotatable bonds is 4. The van der Waals surface area contributed by atoms with Gasteiger partial charge >= 0.3 is 0 Å². The SMILES string of the molecule is Cc1c(CN(C)C(=O)/C=C/c2cnc3c(c2)CCC(=O)N3)oc2ccc(C#CCN)cc12. The molecule has 3 heterocycles. The van der Waals surface area contributed by atoms with Crippen LogP contribution in [0.5, 0.6) is 0 Å². The van der Waals surface area contributed by atoms with E-state index >= 15 is 0 Å². The van der Waals surface area contributed by atoms with Gasteiger partial charge in [-0.2, -0.15) is 0 Å². The van der Waals surface area contributed by atoms with Crippen LogP contribution in [0, 0.1) is 18.8 Å². The number of aryl methyl sites for hydroxylation is 2. The highest BCUT2D eigenvalue weighted by molar-refractivity contribution is 5.94. The number of fused-ring (bicyclic) bond motifs is 2. The largest absolute Gasteiger partial charge is 0.459 e. The number of furan rings is 1. The van der Waals surface area contributed by atoms with E-state index in [1.165, 1.54) is 6.08 Å². The summed E-state index contributed by atoms with van der Waals surface area (Å²) in [5.41, 5.74) is 9.86. The second kappa shape index (κ2) is 9.08. The third-order valence-corrected chi connectivity index (χ3v) is 5.41. The van der Waals surface area contributed by atoms with E-state index in [1.54, 1.807) is 24.2 Å². The molecule has 4 rings (SSSR count). The van der Waals surface area contributed by atoms with Crippen molar-refractivity contribution in [3.8, 4) is 11.8 Å². The van der Waals surface area contributed by atoms with Crippen molar-refractivity contribution in [3.63, 3.8) is 0 Å². The maximum Gasteiger partial charge on any atom is 0.246 e. The molecule has 7 heteroatoms. The lowest BCUT2D eigenvalue weighted by molar-refractivity contribution is -0.125. The summed E-state index contributed by atoms with van der Waals surface area (Å²) in [5, 5.41) is 3.73. The predicted molar refractivity (Wildman–Crippen MR) is 124 cm³/mol. The van der Waals surface area contributed by atoms with Crippen LogP contribution in [-0.2, 0) is 22.6 Å². The highest BCUT2D eigenvalue weighted by atomic mass is 16.3. The molecule has 3 aromatic rings. The van der Waals surface area contributed by atoms with Gasteiger partial charge in [0.2, 0.25) is 11.8 Å². The molecule has 0 bridgehead atoms. The Kier molecular flexibility index (Phi) is 6.06. The first-order chi connectivity index (χ1) is 15.4. The fourth-order valence-corrected chi connectivity index (χ4v) is 3.61. The second-order valence-corrected chi connectivity index (χ2v) is 7.72. The summed E-state index contributed by atoms with van der Waals surface area (Å²) in [7, 11) is 1.73. The molecule has 0 spiro atoms. The molecule has 3 N–H and O–H groups in total. The first-order valence-electron chi connectivity index (χ1n) is 10.4. The summed E-state index contributed by atoms with van der Waals surface area (Å²) in [5.74, 6) is 7.04. The molecule has 0 radical (unpaired) electrons. The van der Waals surface area contributed by atoms with E-state index in [4.69, 9.17) is 10.2 Å². The van der Waals surface area contributed by atoms with Crippen molar-refractivity contribution in [3.05, 3.63) is 64.6 Å². The van der Waals surface area contributed by atoms with Crippen LogP contribution in [0.3, 0.4) is 0 Å². The van der Waals surface area contributed by atoms with Gasteiger partial charge in [0.15, 0.2) is 0 Å². The number of carbonyl (C=O) groups is 2. The number of amides is 2. The molecule has 0 aliphatic carbocycles. The number of nitrogens with two attached hydrogens (primary N) is 1. The van der Waals surface area contributed by atoms with Gasteiger partial charge in [0.25, 0.3) is 0 Å². The van der Waals surface area contributed by atoms with Crippen LogP contribution in [0.25, 0.3) is 17.0 Å². The first-order valence-corrected chi connectivity index (χ1v) is 10.4. The third-order valence-electron chi connectivity index (χ3n) is 5.41. The molecule has 0 saturated heterocycles. The molecule has 0 atom stereocenters. The minimum absolute atomic E-state index is 0.0225. The highest BCUT2D eigenvalue weighted by Gasteiger charge is 2.17. The number of benzene rings is 1. The van der Waals surface area contributed by atoms with Gasteiger partial charge in [-0.05, 0) is 54.8 Å². The van der Waals surface area contributed by atoms with Gasteiger partial charge in [-0.3, -0.25) is 9.59 Å². The van der Waals surface area contributed by atoms with E-state index in [1.807, 2.05) is 31.2 Å². The molecule has 1 aliphatic rings. The van der Waals surface area contributed by atoms with Crippen LogP contribution in [0.2, 0.25) is 0 Å². The van der Waals surface area contributed by atoms with Crippen LogP contribution in [0.4, 0.5) is 5.82 Å². The first kappa shape index (κ1) is 21.3. The van der Waals surface area contributed by atoms with Crippen molar-refractivity contribution < 1.29 is 14.0 Å². The Morgan fingerprint density at radius 1 is 1.34 bits per heavy atom. The molecule has 32 heavy (non-hydrogen) atoms. The minimum atomic E-state index is -0.148. The standard InChI is InChI=1S/C25H24N4O3/c1-16-20-13-17(4-3-11-26)5-8-21(20)32-22(16)15-29(2)24(31)10-6-18-12-19-7-9-23(30)28-25(19)27-14-18/h5-6,8,10,12-14H,7,9,11,15,26H2,1-2H3,(H,27,28,30)/b10-6+. The fourth-order valence-electron chi connectivity index (χ4n) is 3.61. The molecule has 0 fully saturated rings. The molecule has 2 amide bonds. The zero-order valence-electron chi connectivity index (χ0n) is 18.1. The number of carbonyl (C=O) groups excluding carboxylic acids is 2. The lowest BCUT2D eigenvalue weighted by Gasteiger charge is -2.16. The van der Waals surface area contributed by atoms with Crippen molar-refractivity contribution in [2.24, 2.45) is 5.73 Å². The maximum absolute atomic E-state index is 12.6. The van der Waals surface area contributed by atoms with Crippen molar-refractivity contribution in [1.82, 2.24) is 9.88 Å². The van der Waals surface area contributed by atoms with Crippen molar-refractivity contribution in [2.45, 2.75) is 26.3 Å². The Balaban J connectivity index is 1.46. The van der Waals surface area contributed by atoms with Crippen LogP contribution in [0.1, 0.15) is 34.4 Å². The Hall–Kier alpha value is -3.89. The number of anilines is 1. The summed E-state index contributed by atoms with van der Waals surface area (Å²) in [4.78, 5) is 30.0. The zero-order chi connectivity index (χ0) is 22.7. The van der Waals surface area contributed by atoms with E-state index in [-0.39, 0.29) is 11.8 Å². The minimum Gasteiger partial charge on any atom is -0.459 e. The van der Waals surface area contributed by atoms with Crippen molar-refractivity contribution in [2.75, 3.05) is 18.9 Å². The molecule has 162 valence electrons. The summed E-state index contributed by atoms with van der Waals surface area (Å²) >= 11 is 0. The van der Waals surface area contributed by atoms with Crippen molar-refractivity contribution >= 4 is 34.7 Å². The average Bonchev–Trinajstić information content (AvgIpc) is 3.10. The van der Waals surface area contributed by atoms with Crippen molar-refractivity contribution in [1.29, 1.82) is 0 Å². The average molecular weight is 428 g/mol. The Morgan fingerprint density at radius 2 is 2.19 bits per heavy atom. The van der Waals surface area contributed by atoms with Gasteiger partial charge in [-0.25, -0.2) is 4.98 Å². The molecule has 0 unspecified atom stereocenters. The number of nitrogens with one attached hydrogen (secondary N) is 1. The van der Waals surface area contributed by atoms with E-state index in [0.29, 0.717) is 31.7 Å². The normalized spacial score (nSPS) is 12.9. The van der Waals surface area contributed by atoms with Gasteiger partial charge < -0.3 is 20.4 Å². The number of hydrogen-bond donors (Lipinski definition) is 2. The summed E-state index contributed by atoms with van der Waals surface area (Å²) in [6.45, 7) is 2.64. The predicted octanol–water partition coefficient (Wildman–Crippen LogP) is 3.00. The van der Waals surface area contributed by atoms with Gasteiger partial charge in [0.1, 0.15) is 17.2 Å². The van der Waals surface area contributed by atoms with Gasteiger partial charge in [0, 0.05) is 42.3 Å². The number of nitrogens with zero attached hydrogens (tertiary/aromatic N) is 2. The monoisotopic (exact) mass is 428 g/mol. The van der Waals surface area contributed by atoms with Gasteiger partial charge in [0.05, 0.1) is 13.1 Å². The highest BCUT2D eigenvalue weighted by Crippen LogP contribution is 2.27. The van der Waals surface area contributed by atoms with E-state index < -0.39 is 0 Å². The molecule has 1 aliphatic heterocycles. The molecule has 7 nitrogen and oxygen atoms in total. The number of pyridine rings is 1. The summed E-state index contributed by atoms with van der Waals surface area (Å²) < 4.78 is 5.98. The van der Waals surface area contributed by atoms with Gasteiger partial charge in [-0.15, -0.1) is 0 Å². The topological polar surface area (TPSA) is 101 Å². The number of likely N-dealkylation sites (N-methyl/N-ethyl adjacent to an activating group) is 1. The fraction of sp³-hybridized carbons (Fsp3) is 0.240. The summed E-state index contributed by atoms with van der Waals surface area (Å²) in [6.07, 6.45) is 5.98. The molecular weight excluding hydrogens is 404 g/mol. The molecule has 1 aromatic carbocycles. The zero-order valence-corrected chi connectivity index (χ0v) is 18.1. The number of aromatic nitrogens is 1. The van der Waals surface area contributed by atoms with Crippen LogP contribution in [0.15, 0.2) is 41.0 Å². The number of hydrogen-bond acceptors (Lipinski definition) is 5. The third kappa shape index (κ3) is 4.56. The molecule has 2 aromatic heterocycles. The lowest BCUT2D eigenvalue weighted by Crippen LogP contribution is -2.24. The van der Waals surface area contributed by atoms with Gasteiger partial charge in [-0.1, -0.05) is 11.8 Å². The lowest BCUT2D eigenvalue weighted by atomic mass is 10.0. The van der Waals surface area contributed by atoms with E-state index in [9.17, 15) is 9.59 Å². The Labute approximate surface area is 186 Å². The molecular formula is C25H24N4O3. The van der Waals surface area contributed by atoms with Crippen LogP contribution in [-0.4, -0.2) is 35.3 Å². The summed E-state index contributed by atoms with van der Waals surface area (Å²) in [6, 6.07) is 7.71. The molecule has 0 saturated carbocycles. The van der Waals surface area contributed by atoms with Crippen LogP contribution >= 0.6 is 0 Å². The Morgan fingerprint density at radius 3 is 3.00 bits per heavy atom. The van der Waals surface area contributed by atoms with Crippen LogP contribution < -0.4 is 11.1 Å². The second-order valence-electron chi connectivity index (χ2n) is 7.72. The smallest absolute Gasteiger partial charge is 0.246 e. The van der Waals surface area contributed by atoms with E-state index in [2.05, 4.69) is 22.1 Å². The Bertz CT molecular complexity index is 1290. The maximum atomic E-state index is 12.6.